The van der Waals surface area contributed by atoms with Gasteiger partial charge >= 0.3 is 6.03 Å². The fourth-order valence-electron chi connectivity index (χ4n) is 2.50. The number of carbonyl (C=O) groups is 2. The number of rotatable bonds is 6. The van der Waals surface area contributed by atoms with Gasteiger partial charge in [0.05, 0.1) is 0 Å². The highest BCUT2D eigenvalue weighted by molar-refractivity contribution is 6.04. The van der Waals surface area contributed by atoms with Crippen LogP contribution in [0.25, 0.3) is 0 Å². The van der Waals surface area contributed by atoms with Crippen LogP contribution in [0.15, 0.2) is 78.9 Å². The van der Waals surface area contributed by atoms with E-state index in [1.54, 1.807) is 48.5 Å². The van der Waals surface area contributed by atoms with E-state index in [1.807, 2.05) is 30.3 Å². The van der Waals surface area contributed by atoms with Crippen LogP contribution in [0.2, 0.25) is 0 Å². The van der Waals surface area contributed by atoms with Crippen molar-refractivity contribution in [3.63, 3.8) is 0 Å². The first kappa shape index (κ1) is 19.0. The van der Waals surface area contributed by atoms with Gasteiger partial charge in [-0.15, -0.1) is 0 Å². The first-order valence-electron chi connectivity index (χ1n) is 8.80. The number of imide groups is 1. The van der Waals surface area contributed by atoms with Gasteiger partial charge in [-0.3, -0.25) is 10.1 Å². The molecule has 0 bridgehead atoms. The number of phenolic OH excluding ortho intramolecular Hbond substituents is 1. The molecule has 3 aromatic rings. The highest BCUT2D eigenvalue weighted by atomic mass is 16.5. The summed E-state index contributed by atoms with van der Waals surface area (Å²) in [7, 11) is 0. The van der Waals surface area contributed by atoms with E-state index in [4.69, 9.17) is 4.74 Å². The molecule has 0 aliphatic carbocycles. The van der Waals surface area contributed by atoms with Gasteiger partial charge in [0.15, 0.2) is 0 Å². The lowest BCUT2D eigenvalue weighted by Crippen LogP contribution is -2.40. The van der Waals surface area contributed by atoms with Gasteiger partial charge < -0.3 is 15.2 Å². The fraction of sp³-hybridized carbons (Fsp3) is 0.0909. The maximum atomic E-state index is 12.2. The number of aromatic hydroxyl groups is 1. The number of urea groups is 1. The molecule has 0 spiro atoms. The summed E-state index contributed by atoms with van der Waals surface area (Å²) in [6.07, 6.45) is 0.591. The molecule has 3 amide bonds. The van der Waals surface area contributed by atoms with Crippen LogP contribution < -0.4 is 15.4 Å². The Kier molecular flexibility index (Phi) is 6.25. The zero-order chi connectivity index (χ0) is 19.8. The summed E-state index contributed by atoms with van der Waals surface area (Å²) in [4.78, 5) is 24.0. The molecule has 0 saturated carbocycles. The van der Waals surface area contributed by atoms with Gasteiger partial charge in [0.2, 0.25) is 0 Å². The quantitative estimate of drug-likeness (QED) is 0.609. The Bertz CT molecular complexity index is 923. The second-order valence-electron chi connectivity index (χ2n) is 6.07. The number of amides is 3. The molecular weight excluding hydrogens is 356 g/mol. The number of nitrogens with one attached hydrogen (secondary N) is 2. The van der Waals surface area contributed by atoms with Crippen molar-refractivity contribution >= 4 is 11.9 Å². The number of hydrogen-bond acceptors (Lipinski definition) is 4. The molecule has 3 rings (SSSR count). The van der Waals surface area contributed by atoms with Gasteiger partial charge in [0, 0.05) is 12.1 Å². The van der Waals surface area contributed by atoms with E-state index in [2.05, 4.69) is 10.6 Å². The molecule has 0 fully saturated rings. The van der Waals surface area contributed by atoms with Crippen LogP contribution in [0.3, 0.4) is 0 Å². The van der Waals surface area contributed by atoms with Crippen LogP contribution in [0.4, 0.5) is 4.79 Å². The Morgan fingerprint density at radius 2 is 1.46 bits per heavy atom. The lowest BCUT2D eigenvalue weighted by molar-refractivity contribution is 0.0964. The Balaban J connectivity index is 1.45. The van der Waals surface area contributed by atoms with Crippen LogP contribution in [-0.4, -0.2) is 23.6 Å². The van der Waals surface area contributed by atoms with Crippen LogP contribution in [-0.2, 0) is 6.42 Å². The van der Waals surface area contributed by atoms with Crippen LogP contribution in [0.1, 0.15) is 15.9 Å². The standard InChI is InChI=1S/C22H20N2O4/c25-18-10-6-16(7-11-18)14-15-23-22(27)24-21(26)17-8-12-20(13-9-17)28-19-4-2-1-3-5-19/h1-13,25H,14-15H2,(H2,23,24,26,27). The molecular formula is C22H20N2O4. The largest absolute Gasteiger partial charge is 0.508 e. The first-order valence-corrected chi connectivity index (χ1v) is 8.80. The van der Waals surface area contributed by atoms with Gasteiger partial charge in [-0.25, -0.2) is 4.79 Å². The number of carbonyl (C=O) groups excluding carboxylic acids is 2. The second-order valence-corrected chi connectivity index (χ2v) is 6.07. The van der Waals surface area contributed by atoms with Crippen molar-refractivity contribution in [3.05, 3.63) is 90.0 Å². The molecule has 0 radical (unpaired) electrons. The highest BCUT2D eigenvalue weighted by Gasteiger charge is 2.10. The molecule has 3 N–H and O–H groups in total. The van der Waals surface area contributed by atoms with Crippen molar-refractivity contribution in [1.82, 2.24) is 10.6 Å². The van der Waals surface area contributed by atoms with Crippen LogP contribution >= 0.6 is 0 Å². The van der Waals surface area contributed by atoms with E-state index in [-0.39, 0.29) is 5.75 Å². The molecule has 0 aliphatic rings. The summed E-state index contributed by atoms with van der Waals surface area (Å²) in [5.74, 6) is 1.00. The maximum absolute atomic E-state index is 12.2. The third-order valence-electron chi connectivity index (χ3n) is 3.96. The van der Waals surface area contributed by atoms with Crippen molar-refractivity contribution in [2.45, 2.75) is 6.42 Å². The molecule has 142 valence electrons. The Hall–Kier alpha value is -3.80. The third kappa shape index (κ3) is 5.60. The summed E-state index contributed by atoms with van der Waals surface area (Å²) in [5, 5.41) is 14.2. The molecule has 0 heterocycles. The lowest BCUT2D eigenvalue weighted by Gasteiger charge is -2.08. The van der Waals surface area contributed by atoms with E-state index < -0.39 is 11.9 Å². The van der Waals surface area contributed by atoms with Crippen molar-refractivity contribution < 1.29 is 19.4 Å². The summed E-state index contributed by atoms with van der Waals surface area (Å²) in [6.45, 7) is 0.369. The van der Waals surface area contributed by atoms with Gasteiger partial charge in [0.25, 0.3) is 5.91 Å². The number of para-hydroxylation sites is 1. The minimum atomic E-state index is -0.562. The van der Waals surface area contributed by atoms with E-state index in [0.29, 0.717) is 30.0 Å². The number of hydrogen-bond donors (Lipinski definition) is 3. The Morgan fingerprint density at radius 1 is 0.821 bits per heavy atom. The monoisotopic (exact) mass is 376 g/mol. The fourth-order valence-corrected chi connectivity index (χ4v) is 2.50. The second kappa shape index (κ2) is 9.23. The van der Waals surface area contributed by atoms with E-state index in [0.717, 1.165) is 5.56 Å². The smallest absolute Gasteiger partial charge is 0.321 e. The van der Waals surface area contributed by atoms with Crippen LogP contribution in [0.5, 0.6) is 17.2 Å². The zero-order valence-corrected chi connectivity index (χ0v) is 15.1. The van der Waals surface area contributed by atoms with E-state index >= 15 is 0 Å². The Labute approximate surface area is 162 Å². The van der Waals surface area contributed by atoms with E-state index in [1.165, 1.54) is 0 Å². The highest BCUT2D eigenvalue weighted by Crippen LogP contribution is 2.21. The molecule has 0 saturated heterocycles. The van der Waals surface area contributed by atoms with Crippen molar-refractivity contribution in [2.24, 2.45) is 0 Å². The molecule has 0 aromatic heterocycles. The summed E-state index contributed by atoms with van der Waals surface area (Å²) >= 11 is 0. The molecule has 0 aliphatic heterocycles. The summed E-state index contributed by atoms with van der Waals surface area (Å²) < 4.78 is 5.67. The van der Waals surface area contributed by atoms with E-state index in [9.17, 15) is 14.7 Å². The average molecular weight is 376 g/mol. The van der Waals surface area contributed by atoms with Gasteiger partial charge in [-0.05, 0) is 60.5 Å². The topological polar surface area (TPSA) is 87.7 Å². The van der Waals surface area contributed by atoms with Gasteiger partial charge in [0.1, 0.15) is 17.2 Å². The maximum Gasteiger partial charge on any atom is 0.321 e. The SMILES string of the molecule is O=C(NCCc1ccc(O)cc1)NC(=O)c1ccc(Oc2ccccc2)cc1. The molecule has 6 nitrogen and oxygen atoms in total. The molecule has 3 aromatic carbocycles. The third-order valence-corrected chi connectivity index (χ3v) is 3.96. The predicted molar refractivity (Wildman–Crippen MR) is 106 cm³/mol. The minimum absolute atomic E-state index is 0.195. The molecule has 28 heavy (non-hydrogen) atoms. The minimum Gasteiger partial charge on any atom is -0.508 e. The van der Waals surface area contributed by atoms with Crippen molar-refractivity contribution in [2.75, 3.05) is 6.54 Å². The Morgan fingerprint density at radius 3 is 2.14 bits per heavy atom. The predicted octanol–water partition coefficient (Wildman–Crippen LogP) is 3.87. The molecule has 0 atom stereocenters. The number of ether oxygens (including phenoxy) is 1. The zero-order valence-electron chi connectivity index (χ0n) is 15.1. The molecule has 0 unspecified atom stereocenters. The number of benzene rings is 3. The summed E-state index contributed by atoms with van der Waals surface area (Å²) in [6, 6.07) is 22.0. The van der Waals surface area contributed by atoms with Crippen LogP contribution in [0, 0.1) is 0 Å². The van der Waals surface area contributed by atoms with Crippen molar-refractivity contribution in [1.29, 1.82) is 0 Å². The average Bonchev–Trinajstić information content (AvgIpc) is 2.71. The van der Waals surface area contributed by atoms with Gasteiger partial charge in [-0.2, -0.15) is 0 Å². The summed E-state index contributed by atoms with van der Waals surface area (Å²) in [5.41, 5.74) is 1.33. The normalized spacial score (nSPS) is 10.1. The first-order chi connectivity index (χ1) is 13.6. The molecule has 6 heteroatoms. The lowest BCUT2D eigenvalue weighted by atomic mass is 10.1. The van der Waals surface area contributed by atoms with Crippen molar-refractivity contribution in [3.8, 4) is 17.2 Å². The number of phenols is 1. The van der Waals surface area contributed by atoms with Gasteiger partial charge in [-0.1, -0.05) is 30.3 Å².